The summed E-state index contributed by atoms with van der Waals surface area (Å²) in [6, 6.07) is 0. The van der Waals surface area contributed by atoms with Gasteiger partial charge in [0.15, 0.2) is 6.29 Å². The maximum Gasteiger partial charge on any atom is 0.311 e. The Hall–Kier alpha value is -0.610. The molecule has 0 aromatic carbocycles. The lowest BCUT2D eigenvalue weighted by molar-refractivity contribution is -0.172. The largest absolute Gasteiger partial charge is 0.481 e. The molecule has 1 unspecified atom stereocenters. The number of methoxy groups -OCH3 is 2. The quantitative estimate of drug-likeness (QED) is 0.616. The van der Waals surface area contributed by atoms with E-state index < -0.39 is 18.2 Å². The van der Waals surface area contributed by atoms with Crippen LogP contribution in [0.15, 0.2) is 0 Å². The molecule has 72 valence electrons. The minimum atomic E-state index is -0.870. The van der Waals surface area contributed by atoms with E-state index in [4.69, 9.17) is 14.6 Å². The molecule has 0 rings (SSSR count). The summed E-state index contributed by atoms with van der Waals surface area (Å²) in [6.45, 7) is 1.93. The standard InChI is InChI=1S/C8H16O4/c1-4-5-6(7(9)10)8(11-2)12-3/h6,8H,4-5H2,1-3H3,(H,9,10). The van der Waals surface area contributed by atoms with Gasteiger partial charge < -0.3 is 14.6 Å². The molecule has 1 atom stereocenters. The molecule has 4 heteroatoms. The van der Waals surface area contributed by atoms with Crippen molar-refractivity contribution < 1.29 is 19.4 Å². The third kappa shape index (κ3) is 3.19. The van der Waals surface area contributed by atoms with E-state index in [1.165, 1.54) is 14.2 Å². The van der Waals surface area contributed by atoms with Gasteiger partial charge in [0.25, 0.3) is 0 Å². The number of hydrogen-bond donors (Lipinski definition) is 1. The van der Waals surface area contributed by atoms with Crippen molar-refractivity contribution in [2.75, 3.05) is 14.2 Å². The lowest BCUT2D eigenvalue weighted by Crippen LogP contribution is -2.31. The van der Waals surface area contributed by atoms with Gasteiger partial charge in [-0.05, 0) is 6.42 Å². The Bertz CT molecular complexity index is 131. The summed E-state index contributed by atoms with van der Waals surface area (Å²) in [5, 5.41) is 8.78. The van der Waals surface area contributed by atoms with Gasteiger partial charge in [0, 0.05) is 14.2 Å². The highest BCUT2D eigenvalue weighted by atomic mass is 16.7. The minimum Gasteiger partial charge on any atom is -0.481 e. The topological polar surface area (TPSA) is 55.8 Å². The van der Waals surface area contributed by atoms with Gasteiger partial charge in [-0.1, -0.05) is 13.3 Å². The highest BCUT2D eigenvalue weighted by Gasteiger charge is 2.26. The predicted molar refractivity (Wildman–Crippen MR) is 43.8 cm³/mol. The Morgan fingerprint density at radius 3 is 2.17 bits per heavy atom. The Balaban J connectivity index is 4.15. The molecule has 0 spiro atoms. The van der Waals surface area contributed by atoms with Crippen LogP contribution in [-0.2, 0) is 14.3 Å². The van der Waals surface area contributed by atoms with E-state index in [-0.39, 0.29) is 0 Å². The maximum absolute atomic E-state index is 10.7. The highest BCUT2D eigenvalue weighted by molar-refractivity contribution is 5.70. The number of ether oxygens (including phenoxy) is 2. The summed E-state index contributed by atoms with van der Waals surface area (Å²) in [6.07, 6.45) is 0.740. The first-order valence-electron chi connectivity index (χ1n) is 3.95. The van der Waals surface area contributed by atoms with Crippen LogP contribution in [0.4, 0.5) is 0 Å². The molecule has 0 saturated heterocycles. The zero-order chi connectivity index (χ0) is 9.56. The van der Waals surface area contributed by atoms with Gasteiger partial charge in [0.2, 0.25) is 0 Å². The molecule has 0 heterocycles. The van der Waals surface area contributed by atoms with Crippen LogP contribution in [0, 0.1) is 5.92 Å². The molecule has 1 N–H and O–H groups in total. The Morgan fingerprint density at radius 1 is 1.42 bits per heavy atom. The summed E-state index contributed by atoms with van der Waals surface area (Å²) in [5.41, 5.74) is 0. The van der Waals surface area contributed by atoms with Crippen molar-refractivity contribution in [3.8, 4) is 0 Å². The van der Waals surface area contributed by atoms with E-state index in [0.717, 1.165) is 6.42 Å². The molecule has 12 heavy (non-hydrogen) atoms. The van der Waals surface area contributed by atoms with Crippen LogP contribution < -0.4 is 0 Å². The maximum atomic E-state index is 10.7. The van der Waals surface area contributed by atoms with Crippen LogP contribution in [-0.4, -0.2) is 31.6 Å². The summed E-state index contributed by atoms with van der Waals surface area (Å²) in [7, 11) is 2.89. The van der Waals surface area contributed by atoms with Crippen molar-refractivity contribution >= 4 is 5.97 Å². The van der Waals surface area contributed by atoms with Gasteiger partial charge >= 0.3 is 5.97 Å². The monoisotopic (exact) mass is 176 g/mol. The number of carboxylic acid groups (broad SMARTS) is 1. The number of carboxylic acids is 1. The average Bonchev–Trinajstić information content (AvgIpc) is 2.05. The molecule has 0 aliphatic heterocycles. The van der Waals surface area contributed by atoms with Gasteiger partial charge in [-0.3, -0.25) is 4.79 Å². The predicted octanol–water partition coefficient (Wildman–Crippen LogP) is 1.11. The Kier molecular flexibility index (Phi) is 5.66. The first-order chi connectivity index (χ1) is 5.67. The normalized spacial score (nSPS) is 13.3. The number of aliphatic carboxylic acids is 1. The van der Waals surface area contributed by atoms with Crippen molar-refractivity contribution in [1.82, 2.24) is 0 Å². The van der Waals surface area contributed by atoms with Crippen LogP contribution in [0.25, 0.3) is 0 Å². The molecule has 0 radical (unpaired) electrons. The minimum absolute atomic E-state index is 0.565. The Labute approximate surface area is 72.5 Å². The molecule has 0 aliphatic carbocycles. The molecule has 0 bridgehead atoms. The smallest absolute Gasteiger partial charge is 0.311 e. The summed E-state index contributed by atoms with van der Waals surface area (Å²) >= 11 is 0. The van der Waals surface area contributed by atoms with Gasteiger partial charge in [0.05, 0.1) is 0 Å². The van der Waals surface area contributed by atoms with Gasteiger partial charge in [-0.25, -0.2) is 0 Å². The molecule has 0 aromatic rings. The van der Waals surface area contributed by atoms with Gasteiger partial charge in [0.1, 0.15) is 5.92 Å². The second kappa shape index (κ2) is 5.97. The van der Waals surface area contributed by atoms with Gasteiger partial charge in [-0.2, -0.15) is 0 Å². The first-order valence-corrected chi connectivity index (χ1v) is 3.95. The lowest BCUT2D eigenvalue weighted by atomic mass is 10.0. The zero-order valence-corrected chi connectivity index (χ0v) is 7.74. The second-order valence-electron chi connectivity index (χ2n) is 2.57. The highest BCUT2D eigenvalue weighted by Crippen LogP contribution is 2.14. The van der Waals surface area contributed by atoms with E-state index in [2.05, 4.69) is 0 Å². The number of rotatable bonds is 6. The number of carbonyl (C=O) groups is 1. The third-order valence-electron chi connectivity index (χ3n) is 1.71. The average molecular weight is 176 g/mol. The molecule has 0 aliphatic rings. The fraction of sp³-hybridized carbons (Fsp3) is 0.875. The SMILES string of the molecule is CCCC(C(=O)O)C(OC)OC. The number of hydrogen-bond acceptors (Lipinski definition) is 3. The molecule has 0 fully saturated rings. The van der Waals surface area contributed by atoms with E-state index in [9.17, 15) is 4.79 Å². The fourth-order valence-electron chi connectivity index (χ4n) is 1.11. The van der Waals surface area contributed by atoms with E-state index in [0.29, 0.717) is 6.42 Å². The molecular weight excluding hydrogens is 160 g/mol. The Morgan fingerprint density at radius 2 is 1.92 bits per heavy atom. The third-order valence-corrected chi connectivity index (χ3v) is 1.71. The molecule has 0 amide bonds. The molecular formula is C8H16O4. The van der Waals surface area contributed by atoms with Crippen LogP contribution in [0.2, 0.25) is 0 Å². The van der Waals surface area contributed by atoms with Crippen molar-refractivity contribution in [3.05, 3.63) is 0 Å². The van der Waals surface area contributed by atoms with Crippen molar-refractivity contribution in [2.45, 2.75) is 26.1 Å². The van der Waals surface area contributed by atoms with Crippen molar-refractivity contribution in [2.24, 2.45) is 5.92 Å². The zero-order valence-electron chi connectivity index (χ0n) is 7.74. The second-order valence-corrected chi connectivity index (χ2v) is 2.57. The lowest BCUT2D eigenvalue weighted by Gasteiger charge is -2.20. The summed E-state index contributed by atoms with van der Waals surface area (Å²) in [4.78, 5) is 10.7. The van der Waals surface area contributed by atoms with Crippen LogP contribution in [0.3, 0.4) is 0 Å². The first kappa shape index (κ1) is 11.4. The van der Waals surface area contributed by atoms with Crippen LogP contribution in [0.5, 0.6) is 0 Å². The van der Waals surface area contributed by atoms with E-state index in [1.807, 2.05) is 6.92 Å². The summed E-state index contributed by atoms with van der Waals surface area (Å²) < 4.78 is 9.74. The van der Waals surface area contributed by atoms with E-state index in [1.54, 1.807) is 0 Å². The van der Waals surface area contributed by atoms with E-state index >= 15 is 0 Å². The summed E-state index contributed by atoms with van der Waals surface area (Å²) in [5.74, 6) is -1.43. The van der Waals surface area contributed by atoms with Crippen LogP contribution >= 0.6 is 0 Å². The molecule has 0 saturated carbocycles. The molecule has 0 aromatic heterocycles. The fourth-order valence-corrected chi connectivity index (χ4v) is 1.11. The van der Waals surface area contributed by atoms with Gasteiger partial charge in [-0.15, -0.1) is 0 Å². The van der Waals surface area contributed by atoms with Crippen molar-refractivity contribution in [1.29, 1.82) is 0 Å². The molecule has 4 nitrogen and oxygen atoms in total. The van der Waals surface area contributed by atoms with Crippen molar-refractivity contribution in [3.63, 3.8) is 0 Å². The van der Waals surface area contributed by atoms with Crippen LogP contribution in [0.1, 0.15) is 19.8 Å².